The maximum Gasteiger partial charge on any atom is 0.202 e. The molecule has 0 unspecified atom stereocenters. The van der Waals surface area contributed by atoms with Gasteiger partial charge in [-0.1, -0.05) is 109 Å². The molecule has 53 heavy (non-hydrogen) atoms. The van der Waals surface area contributed by atoms with Gasteiger partial charge < -0.3 is 18.9 Å². The van der Waals surface area contributed by atoms with Crippen molar-refractivity contribution >= 4 is 67.7 Å². The smallest absolute Gasteiger partial charge is 0.202 e. The zero-order chi connectivity index (χ0) is 34.7. The molecule has 0 radical (unpaired) electrons. The second-order valence-electron chi connectivity index (χ2n) is 14.1. The van der Waals surface area contributed by atoms with Gasteiger partial charge in [0.05, 0.1) is 22.4 Å². The molecule has 3 aliphatic heterocycles. The standard InChI is InChI=1S/C48H30N2O2Si/c1-4-14-33(15-5-1)49-38-21-11-10-20-36(38)37-27-26-31(28-41(37)49)32-29-44-48-45(30-32)52-43-25-13-23-40-47(43)53(48,35-18-8-3-9-19-35)46-39(22-12-24-42(46)51-44)50(40)34-16-6-2-7-17-34/h1-30H. The summed E-state index contributed by atoms with van der Waals surface area (Å²) in [4.78, 5) is 2.39. The molecule has 248 valence electrons. The van der Waals surface area contributed by atoms with Gasteiger partial charge in [0.2, 0.25) is 8.07 Å². The first-order chi connectivity index (χ1) is 26.3. The van der Waals surface area contributed by atoms with E-state index in [0.717, 1.165) is 62.4 Å². The summed E-state index contributed by atoms with van der Waals surface area (Å²) < 4.78 is 16.6. The topological polar surface area (TPSA) is 26.6 Å². The third-order valence-electron chi connectivity index (χ3n) is 11.4. The summed E-state index contributed by atoms with van der Waals surface area (Å²) >= 11 is 0. The van der Waals surface area contributed by atoms with Gasteiger partial charge in [-0.15, -0.1) is 0 Å². The van der Waals surface area contributed by atoms with Crippen LogP contribution in [0.4, 0.5) is 17.1 Å². The monoisotopic (exact) mass is 694 g/mol. The van der Waals surface area contributed by atoms with Gasteiger partial charge in [-0.25, -0.2) is 0 Å². The summed E-state index contributed by atoms with van der Waals surface area (Å²) in [6, 6.07) is 65.5. The number of hydrogen-bond donors (Lipinski definition) is 0. The molecule has 12 rings (SSSR count). The van der Waals surface area contributed by atoms with E-state index in [9.17, 15) is 0 Å². The molecule has 4 nitrogen and oxygen atoms in total. The number of aromatic nitrogens is 1. The van der Waals surface area contributed by atoms with E-state index in [2.05, 4.69) is 191 Å². The molecule has 0 amide bonds. The van der Waals surface area contributed by atoms with Gasteiger partial charge in [0.15, 0.2) is 0 Å². The zero-order valence-electron chi connectivity index (χ0n) is 28.5. The molecule has 0 saturated carbocycles. The summed E-state index contributed by atoms with van der Waals surface area (Å²) in [7, 11) is -2.94. The Kier molecular flexibility index (Phi) is 5.77. The fraction of sp³-hybridized carbons (Fsp3) is 0. The van der Waals surface area contributed by atoms with Crippen LogP contribution in [0, 0.1) is 0 Å². The van der Waals surface area contributed by atoms with Gasteiger partial charge in [-0.05, 0) is 89.1 Å². The third-order valence-corrected chi connectivity index (χ3v) is 16.3. The number of fused-ring (bicyclic) bond motifs is 3. The van der Waals surface area contributed by atoms with Crippen molar-refractivity contribution in [1.29, 1.82) is 0 Å². The first-order valence-electron chi connectivity index (χ1n) is 18.1. The summed E-state index contributed by atoms with van der Waals surface area (Å²) in [5.74, 6) is 3.57. The molecule has 0 fully saturated rings. The molecule has 0 atom stereocenters. The lowest BCUT2D eigenvalue weighted by Gasteiger charge is -2.50. The molecule has 0 spiro atoms. The van der Waals surface area contributed by atoms with Crippen molar-refractivity contribution in [1.82, 2.24) is 4.57 Å². The van der Waals surface area contributed by atoms with E-state index in [1.54, 1.807) is 0 Å². The van der Waals surface area contributed by atoms with Gasteiger partial charge in [0.1, 0.15) is 23.0 Å². The number of hydrogen-bond acceptors (Lipinski definition) is 3. The second-order valence-corrected chi connectivity index (χ2v) is 17.6. The van der Waals surface area contributed by atoms with E-state index in [1.165, 1.54) is 37.0 Å². The minimum atomic E-state index is -2.94. The lowest BCUT2D eigenvalue weighted by Crippen LogP contribution is -2.79. The average molecular weight is 695 g/mol. The molecule has 0 bridgehead atoms. The van der Waals surface area contributed by atoms with Crippen LogP contribution >= 0.6 is 0 Å². The fourth-order valence-corrected chi connectivity index (χ4v) is 14.8. The van der Waals surface area contributed by atoms with Gasteiger partial charge in [-0.3, -0.25) is 0 Å². The quantitative estimate of drug-likeness (QED) is 0.172. The van der Waals surface area contributed by atoms with Crippen LogP contribution in [0.25, 0.3) is 38.6 Å². The molecule has 0 saturated heterocycles. The van der Waals surface area contributed by atoms with E-state index in [1.807, 2.05) is 0 Å². The number of para-hydroxylation sites is 3. The van der Waals surface area contributed by atoms with E-state index in [0.29, 0.717) is 0 Å². The van der Waals surface area contributed by atoms with Crippen LogP contribution in [-0.4, -0.2) is 12.6 Å². The fourth-order valence-electron chi connectivity index (χ4n) is 9.35. The van der Waals surface area contributed by atoms with Crippen LogP contribution in [-0.2, 0) is 0 Å². The number of benzene rings is 8. The summed E-state index contributed by atoms with van der Waals surface area (Å²) in [6.45, 7) is 0. The van der Waals surface area contributed by atoms with Crippen molar-refractivity contribution in [2.24, 2.45) is 0 Å². The van der Waals surface area contributed by atoms with E-state index < -0.39 is 8.07 Å². The van der Waals surface area contributed by atoms with Gasteiger partial charge in [-0.2, -0.15) is 0 Å². The van der Waals surface area contributed by atoms with Crippen molar-refractivity contribution in [2.75, 3.05) is 4.90 Å². The lowest BCUT2D eigenvalue weighted by atomic mass is 10.0. The lowest BCUT2D eigenvalue weighted by molar-refractivity contribution is 0.464. The van der Waals surface area contributed by atoms with Crippen molar-refractivity contribution in [3.63, 3.8) is 0 Å². The van der Waals surface area contributed by atoms with Crippen molar-refractivity contribution in [2.45, 2.75) is 0 Å². The Morgan fingerprint density at radius 2 is 0.943 bits per heavy atom. The molecule has 9 aromatic rings. The van der Waals surface area contributed by atoms with Gasteiger partial charge in [0, 0.05) is 37.7 Å². The second kappa shape index (κ2) is 10.6. The molecular weight excluding hydrogens is 665 g/mol. The number of nitrogens with zero attached hydrogens (tertiary/aromatic N) is 2. The molecule has 1 aromatic heterocycles. The molecule has 3 aliphatic rings. The molecule has 0 aliphatic carbocycles. The Balaban J connectivity index is 1.14. The summed E-state index contributed by atoms with van der Waals surface area (Å²) in [6.07, 6.45) is 0. The Bertz CT molecular complexity index is 2880. The number of ether oxygens (including phenoxy) is 2. The highest BCUT2D eigenvalue weighted by Crippen LogP contribution is 2.49. The first kappa shape index (κ1) is 28.8. The van der Waals surface area contributed by atoms with Crippen LogP contribution in [0.3, 0.4) is 0 Å². The van der Waals surface area contributed by atoms with Crippen LogP contribution in [0.5, 0.6) is 23.0 Å². The van der Waals surface area contributed by atoms with Crippen molar-refractivity contribution in [3.8, 4) is 39.8 Å². The highest BCUT2D eigenvalue weighted by atomic mass is 28.3. The van der Waals surface area contributed by atoms with Gasteiger partial charge in [0.25, 0.3) is 0 Å². The van der Waals surface area contributed by atoms with Crippen LogP contribution in [0.2, 0.25) is 0 Å². The minimum Gasteiger partial charge on any atom is -0.457 e. The number of rotatable bonds is 4. The predicted octanol–water partition coefficient (Wildman–Crippen LogP) is 9.82. The van der Waals surface area contributed by atoms with Crippen LogP contribution in [0.1, 0.15) is 0 Å². The summed E-state index contributed by atoms with van der Waals surface area (Å²) in [5.41, 5.74) is 9.10. The van der Waals surface area contributed by atoms with E-state index in [4.69, 9.17) is 9.47 Å². The first-order valence-corrected chi connectivity index (χ1v) is 20.1. The third kappa shape index (κ3) is 3.78. The Hall–Kier alpha value is -6.82. The van der Waals surface area contributed by atoms with E-state index in [-0.39, 0.29) is 0 Å². The predicted molar refractivity (Wildman–Crippen MR) is 218 cm³/mol. The molecule has 0 N–H and O–H groups in total. The largest absolute Gasteiger partial charge is 0.457 e. The molecule has 5 heteroatoms. The minimum absolute atomic E-state index is 0.870. The van der Waals surface area contributed by atoms with Crippen molar-refractivity contribution in [3.05, 3.63) is 182 Å². The normalized spacial score (nSPS) is 14.1. The number of anilines is 3. The molecule has 8 aromatic carbocycles. The van der Waals surface area contributed by atoms with E-state index >= 15 is 0 Å². The Morgan fingerprint density at radius 3 is 1.60 bits per heavy atom. The van der Waals surface area contributed by atoms with Gasteiger partial charge >= 0.3 is 0 Å². The maximum absolute atomic E-state index is 7.09. The Morgan fingerprint density at radius 1 is 0.377 bits per heavy atom. The van der Waals surface area contributed by atoms with Crippen molar-refractivity contribution < 1.29 is 9.47 Å². The maximum atomic E-state index is 7.09. The SMILES string of the molecule is c1ccc(N2c3cccc4c3[Si]3(c5ccccc5)c5c(cc(-c6ccc7c8ccccc8n(-c8ccccc8)c7c6)cc5Oc5cccc2c53)O4)cc1. The molecular formula is C48H30N2O2Si. The average Bonchev–Trinajstić information content (AvgIpc) is 3.55. The molecule has 4 heterocycles. The van der Waals surface area contributed by atoms with Crippen LogP contribution < -0.4 is 35.1 Å². The highest BCUT2D eigenvalue weighted by Gasteiger charge is 2.59. The zero-order valence-corrected chi connectivity index (χ0v) is 29.5. The van der Waals surface area contributed by atoms with Crippen LogP contribution in [0.15, 0.2) is 182 Å². The Labute approximate surface area is 307 Å². The highest BCUT2D eigenvalue weighted by molar-refractivity contribution is 7.23. The summed E-state index contributed by atoms with van der Waals surface area (Å²) in [5, 5.41) is 7.51.